The Morgan fingerprint density at radius 2 is 1.11 bits per heavy atom. The molecule has 0 spiro atoms. The van der Waals surface area contributed by atoms with Crippen molar-refractivity contribution in [1.29, 1.82) is 0 Å². The fourth-order valence-electron chi connectivity index (χ4n) is 9.68. The average molecular weight is 755 g/mol. The molecule has 7 aromatic rings. The summed E-state index contributed by atoms with van der Waals surface area (Å²) in [6.07, 6.45) is 4.82. The molecule has 57 heavy (non-hydrogen) atoms. The van der Waals surface area contributed by atoms with Gasteiger partial charge in [-0.3, -0.25) is 0 Å². The molecule has 10 rings (SSSR count). The van der Waals surface area contributed by atoms with Crippen LogP contribution in [0, 0.1) is 0 Å². The van der Waals surface area contributed by atoms with E-state index in [1.54, 1.807) is 0 Å². The number of hydrogen-bond acceptors (Lipinski definition) is 2. The molecule has 2 heterocycles. The minimum atomic E-state index is -1.52. The normalized spacial score (nSPS) is 14.5. The van der Waals surface area contributed by atoms with Gasteiger partial charge in [0, 0.05) is 34.0 Å². The van der Waals surface area contributed by atoms with Gasteiger partial charge in [0.25, 0.3) is 6.71 Å². The first-order chi connectivity index (χ1) is 27.5. The quantitative estimate of drug-likeness (QED) is 0.161. The van der Waals surface area contributed by atoms with Crippen LogP contribution in [-0.2, 0) is 18.3 Å². The van der Waals surface area contributed by atoms with E-state index in [9.17, 15) is 0 Å². The van der Waals surface area contributed by atoms with Crippen molar-refractivity contribution in [3.8, 4) is 22.3 Å². The summed E-state index contributed by atoms with van der Waals surface area (Å²) in [5, 5.41) is 1.49. The summed E-state index contributed by atoms with van der Waals surface area (Å²) in [7, 11) is -1.52. The molecule has 0 radical (unpaired) electrons. The fourth-order valence-corrected chi connectivity index (χ4v) is 10.9. The van der Waals surface area contributed by atoms with Crippen molar-refractivity contribution in [2.45, 2.75) is 71.5 Å². The van der Waals surface area contributed by atoms with Gasteiger partial charge in [0.15, 0.2) is 0 Å². The molecule has 0 atom stereocenters. The third-order valence-electron chi connectivity index (χ3n) is 12.7. The molecule has 0 fully saturated rings. The van der Waals surface area contributed by atoms with Crippen LogP contribution in [0.4, 0.5) is 34.1 Å². The Kier molecular flexibility index (Phi) is 8.50. The summed E-state index contributed by atoms with van der Waals surface area (Å²) < 4.78 is 0. The topological polar surface area (TPSA) is 6.48 Å². The largest absolute Gasteiger partial charge is 0.311 e. The number of anilines is 6. The zero-order valence-electron chi connectivity index (χ0n) is 34.2. The van der Waals surface area contributed by atoms with Crippen LogP contribution in [-0.4, -0.2) is 14.8 Å². The van der Waals surface area contributed by atoms with E-state index in [0.717, 1.165) is 12.8 Å². The smallest absolute Gasteiger partial charge is 0.252 e. The summed E-state index contributed by atoms with van der Waals surface area (Å²) >= 11 is 0. The van der Waals surface area contributed by atoms with Crippen LogP contribution in [0.2, 0.25) is 19.6 Å². The van der Waals surface area contributed by atoms with E-state index in [4.69, 9.17) is 0 Å². The maximum Gasteiger partial charge on any atom is 0.252 e. The molecule has 0 bridgehead atoms. The summed E-state index contributed by atoms with van der Waals surface area (Å²) in [6.45, 7) is 14.4. The predicted molar refractivity (Wildman–Crippen MR) is 250 cm³/mol. The third-order valence-corrected chi connectivity index (χ3v) is 14.8. The lowest BCUT2D eigenvalue weighted by Gasteiger charge is -2.45. The van der Waals surface area contributed by atoms with Crippen LogP contribution in [0.1, 0.15) is 50.3 Å². The second-order valence-electron chi connectivity index (χ2n) is 18.5. The molecule has 2 nitrogen and oxygen atoms in total. The van der Waals surface area contributed by atoms with Gasteiger partial charge in [-0.25, -0.2) is 0 Å². The molecular weight excluding hydrogens is 703 g/mol. The highest BCUT2D eigenvalue weighted by atomic mass is 28.3. The highest BCUT2D eigenvalue weighted by Gasteiger charge is 2.44. The Morgan fingerprint density at radius 3 is 1.82 bits per heavy atom. The van der Waals surface area contributed by atoms with Gasteiger partial charge in [0.1, 0.15) is 0 Å². The zero-order valence-corrected chi connectivity index (χ0v) is 35.2. The highest BCUT2D eigenvalue weighted by molar-refractivity contribution is 7.00. The van der Waals surface area contributed by atoms with E-state index in [2.05, 4.69) is 202 Å². The molecule has 0 saturated carbocycles. The Hall–Kier alpha value is -5.58. The van der Waals surface area contributed by atoms with Crippen LogP contribution in [0.3, 0.4) is 0 Å². The number of rotatable bonds is 5. The molecule has 280 valence electrons. The van der Waals surface area contributed by atoms with E-state index in [0.29, 0.717) is 0 Å². The molecule has 2 aliphatic heterocycles. The van der Waals surface area contributed by atoms with E-state index >= 15 is 0 Å². The number of para-hydroxylation sites is 1. The second-order valence-corrected chi connectivity index (χ2v) is 23.6. The van der Waals surface area contributed by atoms with Crippen LogP contribution < -0.4 is 31.4 Å². The van der Waals surface area contributed by atoms with Crippen molar-refractivity contribution in [1.82, 2.24) is 0 Å². The zero-order chi connectivity index (χ0) is 39.1. The lowest BCUT2D eigenvalue weighted by molar-refractivity contribution is 0.590. The van der Waals surface area contributed by atoms with Gasteiger partial charge in [-0.2, -0.15) is 0 Å². The molecule has 0 unspecified atom stereocenters. The van der Waals surface area contributed by atoms with Gasteiger partial charge < -0.3 is 9.80 Å². The molecule has 0 saturated heterocycles. The van der Waals surface area contributed by atoms with Crippen molar-refractivity contribution in [2.24, 2.45) is 0 Å². The number of aryl methyl sites for hydroxylation is 2. The minimum absolute atomic E-state index is 0.0112. The van der Waals surface area contributed by atoms with Crippen LogP contribution >= 0.6 is 0 Å². The van der Waals surface area contributed by atoms with Gasteiger partial charge >= 0.3 is 0 Å². The fraction of sp³-hybridized carbons (Fsp3) is 0.208. The molecule has 0 amide bonds. The molecule has 0 aromatic heterocycles. The minimum Gasteiger partial charge on any atom is -0.311 e. The Labute approximate surface area is 340 Å². The van der Waals surface area contributed by atoms with Gasteiger partial charge in [-0.1, -0.05) is 149 Å². The third kappa shape index (κ3) is 6.08. The van der Waals surface area contributed by atoms with Crippen LogP contribution in [0.15, 0.2) is 152 Å². The summed E-state index contributed by atoms with van der Waals surface area (Å²) in [6, 6.07) is 58.2. The second kappa shape index (κ2) is 13.5. The monoisotopic (exact) mass is 754 g/mol. The highest BCUT2D eigenvalue weighted by Crippen LogP contribution is 2.48. The van der Waals surface area contributed by atoms with Gasteiger partial charge in [-0.05, 0) is 129 Å². The van der Waals surface area contributed by atoms with Gasteiger partial charge in [-0.15, -0.1) is 0 Å². The molecule has 4 heteroatoms. The standard InChI is InChI=1S/C53H51BN2Si/c1-53(2,3)41-28-30-47(44(35-41)36-17-9-7-10-18-36)56-48-29-27-40(37-21-15-24-43(31-37)57(4,5)6)33-45(48)54-46-32-38-19-13-14-20-39(38)34-51(46)55(42-22-11-8-12-23-42)49-25-16-26-50(56)52(49)54/h7-12,15-18,21-35H,13-14,19-20H2,1-6H3. The predicted octanol–water partition coefficient (Wildman–Crippen LogP) is 11.8. The van der Waals surface area contributed by atoms with E-state index in [1.165, 1.54) is 107 Å². The van der Waals surface area contributed by atoms with Crippen molar-refractivity contribution < 1.29 is 0 Å². The molecular formula is C53H51BN2Si. The Balaban J connectivity index is 1.29. The van der Waals surface area contributed by atoms with E-state index in [-0.39, 0.29) is 12.1 Å². The van der Waals surface area contributed by atoms with Crippen LogP contribution in [0.5, 0.6) is 0 Å². The summed E-state index contributed by atoms with van der Waals surface area (Å²) in [5.74, 6) is 0. The summed E-state index contributed by atoms with van der Waals surface area (Å²) in [4.78, 5) is 5.15. The van der Waals surface area contributed by atoms with Crippen LogP contribution in [0.25, 0.3) is 22.3 Å². The first-order valence-electron chi connectivity index (χ1n) is 20.9. The number of fused-ring (bicyclic) bond motifs is 5. The molecule has 1 aliphatic carbocycles. The van der Waals surface area contributed by atoms with Crippen molar-refractivity contribution >= 4 is 70.5 Å². The van der Waals surface area contributed by atoms with E-state index in [1.807, 2.05) is 0 Å². The lowest BCUT2D eigenvalue weighted by atomic mass is 9.33. The molecule has 0 N–H and O–H groups in total. The SMILES string of the molecule is CC(C)(C)c1ccc(N2c3ccc(-c4cccc([Si](C)(C)C)c4)cc3B3c4cc5c(cc4N(c4ccccc4)c4cccc2c43)CCCC5)c(-c2ccccc2)c1. The summed E-state index contributed by atoms with van der Waals surface area (Å²) in [5.41, 5.74) is 21.1. The Bertz CT molecular complexity index is 2670. The Morgan fingerprint density at radius 1 is 0.491 bits per heavy atom. The van der Waals surface area contributed by atoms with E-state index < -0.39 is 8.07 Å². The number of hydrogen-bond donors (Lipinski definition) is 0. The molecule has 7 aromatic carbocycles. The first kappa shape index (κ1) is 35.8. The van der Waals surface area contributed by atoms with Gasteiger partial charge in [0.05, 0.1) is 13.8 Å². The van der Waals surface area contributed by atoms with Gasteiger partial charge in [0.2, 0.25) is 0 Å². The van der Waals surface area contributed by atoms with Crippen molar-refractivity contribution in [2.75, 3.05) is 9.80 Å². The maximum atomic E-state index is 2.61. The van der Waals surface area contributed by atoms with Crippen molar-refractivity contribution in [3.63, 3.8) is 0 Å². The lowest BCUT2D eigenvalue weighted by Crippen LogP contribution is -2.61. The average Bonchev–Trinajstić information content (AvgIpc) is 3.22. The number of nitrogens with zero attached hydrogens (tertiary/aromatic N) is 2. The maximum absolute atomic E-state index is 2.61. The first-order valence-corrected chi connectivity index (χ1v) is 24.4. The van der Waals surface area contributed by atoms with Crippen molar-refractivity contribution in [3.05, 3.63) is 168 Å². The number of benzene rings is 7. The molecule has 3 aliphatic rings.